The predicted octanol–water partition coefficient (Wildman–Crippen LogP) is 1.23. The molecule has 0 aliphatic heterocycles. The van der Waals surface area contributed by atoms with Crippen molar-refractivity contribution in [3.05, 3.63) is 22.6 Å². The molecule has 0 spiro atoms. The van der Waals surface area contributed by atoms with Gasteiger partial charge in [-0.15, -0.1) is 0 Å². The third kappa shape index (κ3) is 1.78. The lowest BCUT2D eigenvalue weighted by atomic mass is 10.1. The van der Waals surface area contributed by atoms with E-state index in [1.54, 1.807) is 0 Å². The molecule has 0 fully saturated rings. The number of nitrogens with two attached hydrogens (primary N) is 1. The lowest BCUT2D eigenvalue weighted by molar-refractivity contribution is 0.686. The van der Waals surface area contributed by atoms with Crippen molar-refractivity contribution in [1.82, 2.24) is 0 Å². The first-order valence-electron chi connectivity index (χ1n) is 3.22. The van der Waals surface area contributed by atoms with Gasteiger partial charge in [-0.1, -0.05) is 11.6 Å². The Balaban J connectivity index is 2.74. The van der Waals surface area contributed by atoms with E-state index in [2.05, 4.69) is 6.92 Å². The fourth-order valence-corrected chi connectivity index (χ4v) is 1.40. The maximum absolute atomic E-state index is 10.7. The predicted molar refractivity (Wildman–Crippen MR) is 43.4 cm³/mol. The molecule has 0 radical (unpaired) electrons. The fraction of sp³-hybridized carbons (Fsp3) is 0.429. The van der Waals surface area contributed by atoms with E-state index in [-0.39, 0.29) is 0 Å². The Morgan fingerprint density at radius 1 is 1.50 bits per heavy atom. The zero-order chi connectivity index (χ0) is 7.56. The lowest BCUT2D eigenvalue weighted by Gasteiger charge is -2.07. The quantitative estimate of drug-likeness (QED) is 0.611. The van der Waals surface area contributed by atoms with Crippen LogP contribution >= 0.6 is 0 Å². The molecule has 3 heteroatoms. The molecule has 2 nitrogen and oxygen atoms in total. The van der Waals surface area contributed by atoms with Crippen molar-refractivity contribution in [2.75, 3.05) is 0 Å². The van der Waals surface area contributed by atoms with Gasteiger partial charge in [-0.05, 0) is 25.8 Å². The first-order valence-corrected chi connectivity index (χ1v) is 4.44. The second-order valence-electron chi connectivity index (χ2n) is 2.44. The monoisotopic (exact) mass is 157 g/mol. The largest absolute Gasteiger partial charge is 0.248 e. The van der Waals surface area contributed by atoms with Crippen molar-refractivity contribution in [2.45, 2.75) is 19.8 Å². The first-order chi connectivity index (χ1) is 4.70. The molecule has 1 aliphatic rings. The molecular formula is C7H11NOS. The Morgan fingerprint density at radius 3 is 2.60 bits per heavy atom. The highest BCUT2D eigenvalue weighted by atomic mass is 32.2. The van der Waals surface area contributed by atoms with Gasteiger partial charge in [0.25, 0.3) is 0 Å². The van der Waals surface area contributed by atoms with Crippen LogP contribution in [-0.2, 0) is 11.0 Å². The fourth-order valence-electron chi connectivity index (χ4n) is 0.890. The first kappa shape index (κ1) is 7.69. The summed E-state index contributed by atoms with van der Waals surface area (Å²) >= 11 is 0. The Hall–Kier alpha value is -0.410. The molecule has 0 aromatic carbocycles. The molecule has 0 aromatic heterocycles. The molecule has 0 bridgehead atoms. The minimum Gasteiger partial charge on any atom is -0.248 e. The highest BCUT2D eigenvalue weighted by Gasteiger charge is 2.05. The van der Waals surface area contributed by atoms with Crippen LogP contribution in [0.5, 0.6) is 0 Å². The summed E-state index contributed by atoms with van der Waals surface area (Å²) < 4.78 is 10.7. The molecule has 56 valence electrons. The summed E-state index contributed by atoms with van der Waals surface area (Å²) in [5.41, 5.74) is 1.33. The van der Waals surface area contributed by atoms with Crippen molar-refractivity contribution >= 4 is 11.0 Å². The van der Waals surface area contributed by atoms with E-state index >= 15 is 0 Å². The van der Waals surface area contributed by atoms with Crippen LogP contribution in [0.1, 0.15) is 19.8 Å². The third-order valence-electron chi connectivity index (χ3n) is 1.58. The zero-order valence-electron chi connectivity index (χ0n) is 5.96. The van der Waals surface area contributed by atoms with Gasteiger partial charge >= 0.3 is 0 Å². The van der Waals surface area contributed by atoms with E-state index in [0.717, 1.165) is 17.7 Å². The van der Waals surface area contributed by atoms with Gasteiger partial charge in [0, 0.05) is 4.91 Å². The Morgan fingerprint density at radius 2 is 2.20 bits per heavy atom. The van der Waals surface area contributed by atoms with Crippen molar-refractivity contribution in [3.8, 4) is 0 Å². The smallest absolute Gasteiger partial charge is 0.117 e. The number of hydrogen-bond donors (Lipinski definition) is 1. The second-order valence-corrected chi connectivity index (χ2v) is 3.56. The van der Waals surface area contributed by atoms with Gasteiger partial charge in [-0.2, -0.15) is 0 Å². The van der Waals surface area contributed by atoms with E-state index in [9.17, 15) is 4.21 Å². The van der Waals surface area contributed by atoms with Crippen LogP contribution in [0.4, 0.5) is 0 Å². The van der Waals surface area contributed by atoms with Crippen molar-refractivity contribution in [2.24, 2.45) is 5.14 Å². The standard InChI is InChI=1S/C7H11NOS/c1-6-2-4-7(5-3-6)10(8)9/h2,4H,3,5,8H2,1H3. The summed E-state index contributed by atoms with van der Waals surface area (Å²) in [5.74, 6) is 0. The van der Waals surface area contributed by atoms with Gasteiger partial charge in [0.05, 0.1) is 0 Å². The van der Waals surface area contributed by atoms with Gasteiger partial charge in [-0.25, -0.2) is 9.35 Å². The SMILES string of the molecule is CC1=CC=C(S(N)=O)CC1. The van der Waals surface area contributed by atoms with Crippen molar-refractivity contribution < 1.29 is 4.21 Å². The topological polar surface area (TPSA) is 43.1 Å². The number of hydrogen-bond acceptors (Lipinski definition) is 1. The maximum atomic E-state index is 10.7. The molecule has 1 atom stereocenters. The molecule has 1 rings (SSSR count). The van der Waals surface area contributed by atoms with Gasteiger partial charge in [0.15, 0.2) is 0 Å². The summed E-state index contributed by atoms with van der Waals surface area (Å²) in [4.78, 5) is 0.852. The lowest BCUT2D eigenvalue weighted by Crippen LogP contribution is -2.07. The molecule has 1 unspecified atom stereocenters. The summed E-state index contributed by atoms with van der Waals surface area (Å²) in [6.07, 6.45) is 5.68. The molecule has 10 heavy (non-hydrogen) atoms. The molecule has 0 saturated heterocycles. The molecule has 0 aromatic rings. The van der Waals surface area contributed by atoms with Crippen LogP contribution < -0.4 is 5.14 Å². The number of allylic oxidation sites excluding steroid dienone is 4. The second kappa shape index (κ2) is 3.12. The molecule has 2 N–H and O–H groups in total. The summed E-state index contributed by atoms with van der Waals surface area (Å²) in [6.45, 7) is 2.06. The van der Waals surface area contributed by atoms with E-state index in [1.807, 2.05) is 12.2 Å². The Labute approximate surface area is 63.4 Å². The van der Waals surface area contributed by atoms with Crippen molar-refractivity contribution in [3.63, 3.8) is 0 Å². The molecule has 0 amide bonds. The highest BCUT2D eigenvalue weighted by Crippen LogP contribution is 2.18. The van der Waals surface area contributed by atoms with Crippen LogP contribution in [0.15, 0.2) is 22.6 Å². The van der Waals surface area contributed by atoms with Gasteiger partial charge < -0.3 is 0 Å². The molecule has 0 heterocycles. The van der Waals surface area contributed by atoms with Crippen LogP contribution in [0, 0.1) is 0 Å². The van der Waals surface area contributed by atoms with E-state index < -0.39 is 11.0 Å². The normalized spacial score (nSPS) is 21.4. The number of rotatable bonds is 1. The summed E-state index contributed by atoms with van der Waals surface area (Å²) in [6, 6.07) is 0. The molecular weight excluding hydrogens is 146 g/mol. The van der Waals surface area contributed by atoms with Gasteiger partial charge in [0.2, 0.25) is 0 Å². The third-order valence-corrected chi connectivity index (χ3v) is 2.43. The molecule has 1 aliphatic carbocycles. The van der Waals surface area contributed by atoms with Crippen LogP contribution in [0.25, 0.3) is 0 Å². The Kier molecular flexibility index (Phi) is 2.40. The van der Waals surface area contributed by atoms with E-state index in [0.29, 0.717) is 0 Å². The van der Waals surface area contributed by atoms with Gasteiger partial charge in [0.1, 0.15) is 11.0 Å². The zero-order valence-corrected chi connectivity index (χ0v) is 6.78. The highest BCUT2D eigenvalue weighted by molar-refractivity contribution is 7.86. The summed E-state index contributed by atoms with van der Waals surface area (Å²) in [5, 5.41) is 5.19. The van der Waals surface area contributed by atoms with E-state index in [4.69, 9.17) is 5.14 Å². The summed E-state index contributed by atoms with van der Waals surface area (Å²) in [7, 11) is -1.25. The average molecular weight is 157 g/mol. The van der Waals surface area contributed by atoms with Crippen LogP contribution in [-0.4, -0.2) is 4.21 Å². The Bertz CT molecular complexity index is 218. The minimum absolute atomic E-state index is 0.852. The van der Waals surface area contributed by atoms with Gasteiger partial charge in [-0.3, -0.25) is 0 Å². The van der Waals surface area contributed by atoms with Crippen molar-refractivity contribution in [1.29, 1.82) is 0 Å². The maximum Gasteiger partial charge on any atom is 0.117 e. The van der Waals surface area contributed by atoms with E-state index in [1.165, 1.54) is 5.57 Å². The molecule has 0 saturated carbocycles. The average Bonchev–Trinajstić information content (AvgIpc) is 1.88. The van der Waals surface area contributed by atoms with Crippen LogP contribution in [0.3, 0.4) is 0 Å². The van der Waals surface area contributed by atoms with Crippen LogP contribution in [0.2, 0.25) is 0 Å². The minimum atomic E-state index is -1.25.